The molecule has 0 aliphatic carbocycles. The molecule has 0 aromatic heterocycles. The lowest BCUT2D eigenvalue weighted by molar-refractivity contribution is 0.0176. The Kier molecular flexibility index (Phi) is 5.67. The van der Waals surface area contributed by atoms with Gasteiger partial charge in [0.1, 0.15) is 6.61 Å². The second-order valence-electron chi connectivity index (χ2n) is 4.58. The first-order valence-corrected chi connectivity index (χ1v) is 7.68. The van der Waals surface area contributed by atoms with Gasteiger partial charge in [0.05, 0.1) is 23.2 Å². The molecule has 0 radical (unpaired) electrons. The average Bonchev–Trinajstić information content (AvgIpc) is 2.33. The van der Waals surface area contributed by atoms with Crippen LogP contribution in [0.4, 0.5) is 0 Å². The molecule has 0 bridgehead atoms. The quantitative estimate of drug-likeness (QED) is 0.629. The Morgan fingerprint density at radius 2 is 1.95 bits per heavy atom. The largest absolute Gasteiger partial charge is 0.460 e. The Bertz CT molecular complexity index is 580. The van der Waals surface area contributed by atoms with Gasteiger partial charge < -0.3 is 9.47 Å². The number of ether oxygens (including phenoxy) is 2. The van der Waals surface area contributed by atoms with Crippen LogP contribution in [0.3, 0.4) is 0 Å². The summed E-state index contributed by atoms with van der Waals surface area (Å²) in [5.41, 5.74) is 0.799. The van der Waals surface area contributed by atoms with E-state index in [-0.39, 0.29) is 29.8 Å². The molecule has 20 heavy (non-hydrogen) atoms. The summed E-state index contributed by atoms with van der Waals surface area (Å²) >= 11 is 0. The molecule has 0 heterocycles. The smallest absolute Gasteiger partial charge is 0.338 e. The van der Waals surface area contributed by atoms with Crippen molar-refractivity contribution in [2.45, 2.75) is 31.8 Å². The molecule has 0 amide bonds. The SMILES string of the molecule is Cc1ccc(S(N)(=O)=O)cc1C(=O)OCCOC(C)C. The van der Waals surface area contributed by atoms with Crippen LogP contribution in [-0.2, 0) is 19.5 Å². The maximum Gasteiger partial charge on any atom is 0.338 e. The molecule has 1 rings (SSSR count). The van der Waals surface area contributed by atoms with Crippen molar-refractivity contribution in [1.29, 1.82) is 0 Å². The van der Waals surface area contributed by atoms with E-state index in [1.54, 1.807) is 6.92 Å². The molecule has 0 atom stereocenters. The number of nitrogens with two attached hydrogens (primary N) is 1. The van der Waals surface area contributed by atoms with Gasteiger partial charge in [0.25, 0.3) is 0 Å². The summed E-state index contributed by atoms with van der Waals surface area (Å²) in [6, 6.07) is 4.08. The molecular formula is C13H19NO5S. The fourth-order valence-corrected chi connectivity index (χ4v) is 2.03. The van der Waals surface area contributed by atoms with Crippen molar-refractivity contribution >= 4 is 16.0 Å². The predicted molar refractivity (Wildman–Crippen MR) is 73.9 cm³/mol. The van der Waals surface area contributed by atoms with Gasteiger partial charge in [0, 0.05) is 0 Å². The summed E-state index contributed by atoms with van der Waals surface area (Å²) in [6.45, 7) is 5.84. The molecule has 0 saturated heterocycles. The molecule has 0 aliphatic heterocycles. The van der Waals surface area contributed by atoms with Gasteiger partial charge in [-0.05, 0) is 38.5 Å². The van der Waals surface area contributed by atoms with Crippen LogP contribution >= 0.6 is 0 Å². The number of esters is 1. The van der Waals surface area contributed by atoms with E-state index in [1.165, 1.54) is 18.2 Å². The second kappa shape index (κ2) is 6.83. The molecule has 0 spiro atoms. The van der Waals surface area contributed by atoms with Crippen molar-refractivity contribution < 1.29 is 22.7 Å². The fourth-order valence-electron chi connectivity index (χ4n) is 1.49. The highest BCUT2D eigenvalue weighted by Crippen LogP contribution is 2.15. The molecule has 0 saturated carbocycles. The van der Waals surface area contributed by atoms with E-state index in [9.17, 15) is 13.2 Å². The van der Waals surface area contributed by atoms with Crippen LogP contribution in [0.25, 0.3) is 0 Å². The van der Waals surface area contributed by atoms with Crippen LogP contribution < -0.4 is 5.14 Å². The Balaban J connectivity index is 2.77. The normalized spacial score (nSPS) is 11.7. The van der Waals surface area contributed by atoms with E-state index >= 15 is 0 Å². The van der Waals surface area contributed by atoms with E-state index in [1.807, 2.05) is 13.8 Å². The summed E-state index contributed by atoms with van der Waals surface area (Å²) in [5.74, 6) is -0.597. The predicted octanol–water partition coefficient (Wildman–Crippen LogP) is 1.22. The minimum Gasteiger partial charge on any atom is -0.460 e. The number of sulfonamides is 1. The molecule has 0 fully saturated rings. The van der Waals surface area contributed by atoms with Gasteiger partial charge in [0.15, 0.2) is 0 Å². The summed E-state index contributed by atoms with van der Waals surface area (Å²) in [6.07, 6.45) is 0.0566. The monoisotopic (exact) mass is 301 g/mol. The average molecular weight is 301 g/mol. The summed E-state index contributed by atoms with van der Waals surface area (Å²) < 4.78 is 32.8. The topological polar surface area (TPSA) is 95.7 Å². The molecule has 7 heteroatoms. The van der Waals surface area contributed by atoms with Gasteiger partial charge in [-0.1, -0.05) is 6.07 Å². The molecule has 0 aliphatic rings. The van der Waals surface area contributed by atoms with Crippen molar-refractivity contribution in [2.75, 3.05) is 13.2 Å². The number of hydrogen-bond acceptors (Lipinski definition) is 5. The molecule has 1 aromatic carbocycles. The van der Waals surface area contributed by atoms with E-state index in [0.29, 0.717) is 5.56 Å². The number of benzene rings is 1. The van der Waals surface area contributed by atoms with Crippen LogP contribution in [0.1, 0.15) is 29.8 Å². The standard InChI is InChI=1S/C13H19NO5S/c1-9(2)18-6-7-19-13(15)12-8-11(20(14,16)17)5-4-10(12)3/h4-5,8-9H,6-7H2,1-3H3,(H2,14,16,17). The van der Waals surface area contributed by atoms with E-state index in [0.717, 1.165) is 0 Å². The third kappa shape index (κ3) is 4.92. The first-order chi connectivity index (χ1) is 9.21. The van der Waals surface area contributed by atoms with Gasteiger partial charge in [-0.3, -0.25) is 0 Å². The molecular weight excluding hydrogens is 282 g/mol. The highest BCUT2D eigenvalue weighted by atomic mass is 32.2. The molecule has 112 valence electrons. The fraction of sp³-hybridized carbons (Fsp3) is 0.462. The summed E-state index contributed by atoms with van der Waals surface area (Å²) in [5, 5.41) is 5.03. The third-order valence-electron chi connectivity index (χ3n) is 2.53. The van der Waals surface area contributed by atoms with Crippen molar-refractivity contribution in [2.24, 2.45) is 5.14 Å². The highest BCUT2D eigenvalue weighted by Gasteiger charge is 2.15. The molecule has 2 N–H and O–H groups in total. The van der Waals surface area contributed by atoms with E-state index in [2.05, 4.69) is 0 Å². The summed E-state index contributed by atoms with van der Waals surface area (Å²) in [7, 11) is -3.84. The zero-order valence-electron chi connectivity index (χ0n) is 11.8. The minimum absolute atomic E-state index is 0.0566. The van der Waals surface area contributed by atoms with Crippen LogP contribution in [0.5, 0.6) is 0 Å². The zero-order valence-corrected chi connectivity index (χ0v) is 12.6. The van der Waals surface area contributed by atoms with Gasteiger partial charge in [-0.15, -0.1) is 0 Å². The number of carbonyl (C=O) groups is 1. The lowest BCUT2D eigenvalue weighted by Gasteiger charge is -2.10. The lowest BCUT2D eigenvalue weighted by Crippen LogP contribution is -2.16. The number of hydrogen-bond donors (Lipinski definition) is 1. The van der Waals surface area contributed by atoms with Gasteiger partial charge >= 0.3 is 5.97 Å². The van der Waals surface area contributed by atoms with Crippen molar-refractivity contribution in [3.05, 3.63) is 29.3 Å². The Morgan fingerprint density at radius 3 is 2.50 bits per heavy atom. The maximum atomic E-state index is 11.9. The maximum absolute atomic E-state index is 11.9. The number of rotatable bonds is 6. The van der Waals surface area contributed by atoms with Crippen LogP contribution in [0, 0.1) is 6.92 Å². The number of primary sulfonamides is 1. The minimum atomic E-state index is -3.84. The Labute approximate surface area is 118 Å². The van der Waals surface area contributed by atoms with Crippen molar-refractivity contribution in [3.63, 3.8) is 0 Å². The third-order valence-corrected chi connectivity index (χ3v) is 3.44. The highest BCUT2D eigenvalue weighted by molar-refractivity contribution is 7.89. The number of carbonyl (C=O) groups excluding carboxylic acids is 1. The lowest BCUT2D eigenvalue weighted by atomic mass is 10.1. The van der Waals surface area contributed by atoms with E-state index < -0.39 is 16.0 Å². The second-order valence-corrected chi connectivity index (χ2v) is 6.14. The number of aryl methyl sites for hydroxylation is 1. The van der Waals surface area contributed by atoms with E-state index in [4.69, 9.17) is 14.6 Å². The summed E-state index contributed by atoms with van der Waals surface area (Å²) in [4.78, 5) is 11.8. The molecule has 6 nitrogen and oxygen atoms in total. The Hall–Kier alpha value is -1.44. The van der Waals surface area contributed by atoms with Crippen LogP contribution in [0.2, 0.25) is 0 Å². The van der Waals surface area contributed by atoms with Crippen molar-refractivity contribution in [1.82, 2.24) is 0 Å². The van der Waals surface area contributed by atoms with Crippen molar-refractivity contribution in [3.8, 4) is 0 Å². The van der Waals surface area contributed by atoms with Gasteiger partial charge in [-0.2, -0.15) is 0 Å². The molecule has 0 unspecified atom stereocenters. The van der Waals surface area contributed by atoms with Gasteiger partial charge in [-0.25, -0.2) is 18.4 Å². The van der Waals surface area contributed by atoms with Crippen LogP contribution in [0.15, 0.2) is 23.1 Å². The van der Waals surface area contributed by atoms with Gasteiger partial charge in [0.2, 0.25) is 10.0 Å². The first kappa shape index (κ1) is 16.6. The zero-order chi connectivity index (χ0) is 15.3. The first-order valence-electron chi connectivity index (χ1n) is 6.14. The van der Waals surface area contributed by atoms with Crippen LogP contribution in [-0.4, -0.2) is 33.7 Å². The Morgan fingerprint density at radius 1 is 1.30 bits per heavy atom. The molecule has 1 aromatic rings.